The minimum Gasteiger partial charge on any atom is -0.475 e. The monoisotopic (exact) mass is 557 g/mol. The van der Waals surface area contributed by atoms with E-state index in [0.29, 0.717) is 12.2 Å². The van der Waals surface area contributed by atoms with Gasteiger partial charge in [0.1, 0.15) is 5.82 Å². The summed E-state index contributed by atoms with van der Waals surface area (Å²) >= 11 is 0. The van der Waals surface area contributed by atoms with Crippen LogP contribution in [-0.4, -0.2) is 53.8 Å². The van der Waals surface area contributed by atoms with E-state index in [1.807, 2.05) is 36.0 Å². The van der Waals surface area contributed by atoms with Crippen LogP contribution in [-0.2, 0) is 29.5 Å². The van der Waals surface area contributed by atoms with Gasteiger partial charge in [-0.1, -0.05) is 29.8 Å². The number of rotatable bonds is 7. The molecule has 11 heteroatoms. The number of aromatic nitrogens is 2. The van der Waals surface area contributed by atoms with Gasteiger partial charge in [0.05, 0.1) is 18.2 Å². The number of carbonyl (C=O) groups is 1. The van der Waals surface area contributed by atoms with Crippen LogP contribution in [0.5, 0.6) is 0 Å². The highest BCUT2D eigenvalue weighted by Gasteiger charge is 2.38. The average Bonchev–Trinajstić information content (AvgIpc) is 3.22. The van der Waals surface area contributed by atoms with Gasteiger partial charge in [-0.3, -0.25) is 4.68 Å². The van der Waals surface area contributed by atoms with Crippen molar-refractivity contribution in [2.45, 2.75) is 46.3 Å². The van der Waals surface area contributed by atoms with E-state index in [9.17, 15) is 13.2 Å². The number of carboxylic acids is 1. The number of hydrogen-bond donors (Lipinski definition) is 1. The number of halogens is 3. The van der Waals surface area contributed by atoms with Gasteiger partial charge in [-0.25, -0.2) is 4.79 Å². The lowest BCUT2D eigenvalue weighted by Gasteiger charge is -2.32. The zero-order chi connectivity index (χ0) is 29.6. The molecule has 0 spiro atoms. The Labute approximate surface area is 232 Å². The van der Waals surface area contributed by atoms with E-state index in [1.165, 1.54) is 27.9 Å². The maximum absolute atomic E-state index is 10.6. The van der Waals surface area contributed by atoms with Crippen molar-refractivity contribution < 1.29 is 27.8 Å². The molecule has 2 aromatic carbocycles. The molecule has 1 aliphatic rings. The predicted octanol–water partition coefficient (Wildman–Crippen LogP) is 5.59. The number of nitriles is 1. The van der Waals surface area contributed by atoms with Crippen LogP contribution in [0.25, 0.3) is 0 Å². The van der Waals surface area contributed by atoms with Gasteiger partial charge in [0.15, 0.2) is 5.82 Å². The summed E-state index contributed by atoms with van der Waals surface area (Å²) in [6.07, 6.45) is -2.98. The molecule has 2 heterocycles. The van der Waals surface area contributed by atoms with E-state index >= 15 is 0 Å². The summed E-state index contributed by atoms with van der Waals surface area (Å²) in [6.45, 7) is 9.67. The molecule has 1 aliphatic heterocycles. The molecule has 0 saturated carbocycles. The van der Waals surface area contributed by atoms with Gasteiger partial charge in [-0.05, 0) is 62.4 Å². The molecular formula is C29H34F3N5O3. The zero-order valence-electron chi connectivity index (χ0n) is 23.3. The van der Waals surface area contributed by atoms with E-state index < -0.39 is 12.1 Å². The van der Waals surface area contributed by atoms with E-state index in [1.54, 1.807) is 7.11 Å². The molecule has 0 atom stereocenters. The Balaban J connectivity index is 0.000000559. The summed E-state index contributed by atoms with van der Waals surface area (Å²) in [7, 11) is 3.78. The van der Waals surface area contributed by atoms with Crippen molar-refractivity contribution in [2.75, 3.05) is 36.6 Å². The van der Waals surface area contributed by atoms with Gasteiger partial charge >= 0.3 is 12.1 Å². The Morgan fingerprint density at radius 2 is 1.77 bits per heavy atom. The van der Waals surface area contributed by atoms with Crippen molar-refractivity contribution in [3.05, 3.63) is 69.8 Å². The number of aryl methyl sites for hydroxylation is 4. The second-order valence-corrected chi connectivity index (χ2v) is 9.78. The number of hydrogen-bond acceptors (Lipinski definition) is 6. The second-order valence-electron chi connectivity index (χ2n) is 9.78. The maximum atomic E-state index is 10.6. The summed E-state index contributed by atoms with van der Waals surface area (Å²) < 4.78 is 39.2. The number of fused-ring (bicyclic) bond motifs is 1. The highest BCUT2D eigenvalue weighted by molar-refractivity contribution is 5.75. The lowest BCUT2D eigenvalue weighted by Crippen LogP contribution is -2.30. The number of carboxylic acid groups (broad SMARTS) is 1. The third-order valence-corrected chi connectivity index (χ3v) is 6.62. The maximum Gasteiger partial charge on any atom is 0.490 e. The molecule has 8 nitrogen and oxygen atoms in total. The SMILES string of the molecule is COCCN(Cc1ccc(C#N)cc1)c1c2c(nn1C)N(c1c(C)cc(C)cc1C)CCC2.O=C(O)C(F)(F)F. The third-order valence-electron chi connectivity index (χ3n) is 6.62. The molecule has 3 aromatic rings. The molecule has 214 valence electrons. The van der Waals surface area contributed by atoms with Crippen molar-refractivity contribution in [3.63, 3.8) is 0 Å². The first-order valence-corrected chi connectivity index (χ1v) is 12.8. The Bertz CT molecular complexity index is 1350. The molecule has 0 fully saturated rings. The normalized spacial score (nSPS) is 12.7. The highest BCUT2D eigenvalue weighted by Crippen LogP contribution is 2.41. The lowest BCUT2D eigenvalue weighted by molar-refractivity contribution is -0.192. The molecule has 0 aliphatic carbocycles. The molecule has 1 aromatic heterocycles. The quantitative estimate of drug-likeness (QED) is 0.405. The molecule has 0 radical (unpaired) electrons. The van der Waals surface area contributed by atoms with Crippen molar-refractivity contribution >= 4 is 23.3 Å². The summed E-state index contributed by atoms with van der Waals surface area (Å²) in [5.74, 6) is -0.540. The van der Waals surface area contributed by atoms with Gasteiger partial charge in [-0.15, -0.1) is 0 Å². The number of methoxy groups -OCH3 is 1. The number of aliphatic carboxylic acids is 1. The van der Waals surface area contributed by atoms with E-state index in [2.05, 4.69) is 48.8 Å². The Morgan fingerprint density at radius 1 is 1.18 bits per heavy atom. The van der Waals surface area contributed by atoms with Gasteiger partial charge in [0.2, 0.25) is 0 Å². The molecule has 1 N–H and O–H groups in total. The first-order valence-electron chi connectivity index (χ1n) is 12.8. The fraction of sp³-hybridized carbons (Fsp3) is 0.414. The Hall–Kier alpha value is -4.04. The minimum atomic E-state index is -5.08. The Morgan fingerprint density at radius 3 is 2.30 bits per heavy atom. The topological polar surface area (TPSA) is 94.6 Å². The summed E-state index contributed by atoms with van der Waals surface area (Å²) in [5.41, 5.74) is 8.30. The number of benzene rings is 2. The molecule has 0 amide bonds. The predicted molar refractivity (Wildman–Crippen MR) is 147 cm³/mol. The molecular weight excluding hydrogens is 523 g/mol. The van der Waals surface area contributed by atoms with Crippen LogP contribution >= 0.6 is 0 Å². The van der Waals surface area contributed by atoms with Crippen LogP contribution in [0, 0.1) is 32.1 Å². The van der Waals surface area contributed by atoms with Crippen LogP contribution in [0.2, 0.25) is 0 Å². The lowest BCUT2D eigenvalue weighted by atomic mass is 10.00. The van der Waals surface area contributed by atoms with Crippen molar-refractivity contribution in [2.24, 2.45) is 7.05 Å². The molecule has 0 saturated heterocycles. The van der Waals surface area contributed by atoms with Crippen molar-refractivity contribution in [3.8, 4) is 6.07 Å². The van der Waals surface area contributed by atoms with E-state index in [0.717, 1.165) is 49.7 Å². The molecule has 0 bridgehead atoms. The fourth-order valence-corrected chi connectivity index (χ4v) is 5.08. The highest BCUT2D eigenvalue weighted by atomic mass is 19.4. The first kappa shape index (κ1) is 30.5. The van der Waals surface area contributed by atoms with Gasteiger partial charge in [-0.2, -0.15) is 23.5 Å². The van der Waals surface area contributed by atoms with Crippen LogP contribution < -0.4 is 9.80 Å². The largest absolute Gasteiger partial charge is 0.490 e. The van der Waals surface area contributed by atoms with Crippen LogP contribution in [0.15, 0.2) is 36.4 Å². The van der Waals surface area contributed by atoms with Crippen LogP contribution in [0.3, 0.4) is 0 Å². The summed E-state index contributed by atoms with van der Waals surface area (Å²) in [4.78, 5) is 13.7. The minimum absolute atomic E-state index is 0.635. The van der Waals surface area contributed by atoms with Gasteiger partial charge < -0.3 is 19.6 Å². The standard InChI is InChI=1S/C27H33N5O.C2HF3O2/c1-19-15-20(2)25(21(3)16-19)32-12-6-7-24-26(32)29-30(4)27(24)31(13-14-33-5)18-23-10-8-22(17-28)9-11-23;3-2(4,5)1(6)7/h8-11,15-16H,6-7,12-14,18H2,1-5H3;(H,6,7). The van der Waals surface area contributed by atoms with Crippen LogP contribution in [0.1, 0.15) is 39.8 Å². The third kappa shape index (κ3) is 7.12. The number of alkyl halides is 3. The van der Waals surface area contributed by atoms with E-state index in [4.69, 9.17) is 25.0 Å². The molecule has 40 heavy (non-hydrogen) atoms. The Kier molecular flexibility index (Phi) is 9.82. The van der Waals surface area contributed by atoms with E-state index in [-0.39, 0.29) is 0 Å². The summed E-state index contributed by atoms with van der Waals surface area (Å²) in [5, 5.41) is 21.3. The van der Waals surface area contributed by atoms with Crippen molar-refractivity contribution in [1.82, 2.24) is 9.78 Å². The van der Waals surface area contributed by atoms with Gasteiger partial charge in [0, 0.05) is 45.0 Å². The number of nitrogens with zero attached hydrogens (tertiary/aromatic N) is 5. The molecule has 0 unspecified atom stereocenters. The number of anilines is 3. The summed E-state index contributed by atoms with van der Waals surface area (Å²) in [6, 6.07) is 14.6. The number of ether oxygens (including phenoxy) is 1. The second kappa shape index (κ2) is 12.9. The fourth-order valence-electron chi connectivity index (χ4n) is 5.08. The average molecular weight is 558 g/mol. The zero-order valence-corrected chi connectivity index (χ0v) is 23.3. The smallest absolute Gasteiger partial charge is 0.475 e. The molecule has 4 rings (SSSR count). The van der Waals surface area contributed by atoms with Crippen molar-refractivity contribution in [1.29, 1.82) is 5.26 Å². The first-order chi connectivity index (χ1) is 18.9. The van der Waals surface area contributed by atoms with Crippen LogP contribution in [0.4, 0.5) is 30.5 Å². The van der Waals surface area contributed by atoms with Gasteiger partial charge in [0.25, 0.3) is 0 Å².